The molecule has 19 heavy (non-hydrogen) atoms. The van der Waals surface area contributed by atoms with E-state index in [1.807, 2.05) is 4.68 Å². The lowest BCUT2D eigenvalue weighted by atomic mass is 10.2. The molecule has 0 aliphatic carbocycles. The van der Waals surface area contributed by atoms with Crippen LogP contribution >= 0.6 is 11.8 Å². The van der Waals surface area contributed by atoms with Crippen LogP contribution in [-0.4, -0.2) is 20.2 Å². The van der Waals surface area contributed by atoms with E-state index in [1.54, 1.807) is 11.8 Å². The van der Waals surface area contributed by atoms with Crippen molar-refractivity contribution >= 4 is 11.8 Å². The summed E-state index contributed by atoms with van der Waals surface area (Å²) in [5.41, 5.74) is 2.60. The summed E-state index contributed by atoms with van der Waals surface area (Å²) in [5, 5.41) is 11.9. The summed E-state index contributed by atoms with van der Waals surface area (Å²) >= 11 is 1.80. The van der Waals surface area contributed by atoms with Crippen LogP contribution in [0.4, 0.5) is 0 Å². The van der Waals surface area contributed by atoms with Crippen molar-refractivity contribution in [2.24, 2.45) is 0 Å². The molecule has 0 amide bonds. The molecule has 1 heterocycles. The van der Waals surface area contributed by atoms with E-state index in [1.165, 1.54) is 16.0 Å². The molecule has 0 saturated carbocycles. The van der Waals surface area contributed by atoms with Crippen molar-refractivity contribution < 1.29 is 0 Å². The Kier molecular flexibility index (Phi) is 4.96. The maximum atomic E-state index is 4.12. The van der Waals surface area contributed by atoms with Crippen LogP contribution in [0.25, 0.3) is 0 Å². The highest BCUT2D eigenvalue weighted by atomic mass is 32.2. The summed E-state index contributed by atoms with van der Waals surface area (Å²) in [5.74, 6) is 1.78. The maximum absolute atomic E-state index is 4.12. The molecule has 1 aromatic carbocycles. The quantitative estimate of drug-likeness (QED) is 0.759. The van der Waals surface area contributed by atoms with Gasteiger partial charge in [-0.2, -0.15) is 0 Å². The zero-order valence-electron chi connectivity index (χ0n) is 11.8. The Balaban J connectivity index is 2.02. The van der Waals surface area contributed by atoms with Crippen LogP contribution in [0.2, 0.25) is 0 Å². The fourth-order valence-corrected chi connectivity index (χ4v) is 2.87. The molecule has 0 bridgehead atoms. The predicted molar refractivity (Wildman–Crippen MR) is 78.2 cm³/mol. The van der Waals surface area contributed by atoms with E-state index in [9.17, 15) is 0 Å². The van der Waals surface area contributed by atoms with Gasteiger partial charge in [-0.1, -0.05) is 31.0 Å². The second-order valence-electron chi connectivity index (χ2n) is 4.73. The second-order valence-corrected chi connectivity index (χ2v) is 5.75. The van der Waals surface area contributed by atoms with Crippen molar-refractivity contribution in [1.82, 2.24) is 20.2 Å². The smallest absolute Gasteiger partial charge is 0.161 e. The molecule has 102 valence electrons. The lowest BCUT2D eigenvalue weighted by molar-refractivity contribution is 0.540. The van der Waals surface area contributed by atoms with E-state index in [0.717, 1.165) is 31.0 Å². The third-order valence-corrected chi connectivity index (χ3v) is 4.18. The minimum Gasteiger partial charge on any atom is -0.229 e. The van der Waals surface area contributed by atoms with Crippen molar-refractivity contribution in [3.8, 4) is 0 Å². The first-order chi connectivity index (χ1) is 9.20. The zero-order chi connectivity index (χ0) is 13.7. The number of unbranched alkanes of at least 4 members (excludes halogenated alkanes) is 1. The topological polar surface area (TPSA) is 43.6 Å². The predicted octanol–water partition coefficient (Wildman–Crippen LogP) is 3.38. The fraction of sp³-hybridized carbons (Fsp3) is 0.500. The molecule has 0 unspecified atom stereocenters. The highest BCUT2D eigenvalue weighted by Gasteiger charge is 2.07. The highest BCUT2D eigenvalue weighted by Crippen LogP contribution is 2.26. The molecular weight excluding hydrogens is 256 g/mol. The number of aryl methyl sites for hydroxylation is 3. The number of benzene rings is 1. The van der Waals surface area contributed by atoms with Gasteiger partial charge >= 0.3 is 0 Å². The molecule has 2 aromatic rings. The summed E-state index contributed by atoms with van der Waals surface area (Å²) < 4.78 is 1.92. The van der Waals surface area contributed by atoms with Crippen LogP contribution in [-0.2, 0) is 12.3 Å². The highest BCUT2D eigenvalue weighted by molar-refractivity contribution is 7.98. The number of tetrazole rings is 1. The Morgan fingerprint density at radius 3 is 2.89 bits per heavy atom. The van der Waals surface area contributed by atoms with Gasteiger partial charge in [0.15, 0.2) is 5.82 Å². The van der Waals surface area contributed by atoms with Gasteiger partial charge in [-0.25, -0.2) is 4.68 Å². The SMILES string of the molecule is CCCCn1nnnc1CSc1cc(C)ccc1C. The van der Waals surface area contributed by atoms with Crippen molar-refractivity contribution in [2.45, 2.75) is 50.8 Å². The van der Waals surface area contributed by atoms with E-state index in [0.29, 0.717) is 0 Å². The minimum atomic E-state index is 0.820. The first-order valence-electron chi connectivity index (χ1n) is 6.65. The zero-order valence-corrected chi connectivity index (χ0v) is 12.6. The van der Waals surface area contributed by atoms with Gasteiger partial charge in [-0.3, -0.25) is 0 Å². The van der Waals surface area contributed by atoms with E-state index < -0.39 is 0 Å². The molecular formula is C14H20N4S. The summed E-state index contributed by atoms with van der Waals surface area (Å²) in [7, 11) is 0. The van der Waals surface area contributed by atoms with Gasteiger partial charge in [-0.05, 0) is 42.3 Å². The summed E-state index contributed by atoms with van der Waals surface area (Å²) in [6, 6.07) is 6.53. The first kappa shape index (κ1) is 14.1. The van der Waals surface area contributed by atoms with Gasteiger partial charge in [0.1, 0.15) is 0 Å². The number of aromatic nitrogens is 4. The fourth-order valence-electron chi connectivity index (χ4n) is 1.81. The monoisotopic (exact) mass is 276 g/mol. The molecule has 1 aromatic heterocycles. The summed E-state index contributed by atoms with van der Waals surface area (Å²) in [4.78, 5) is 1.31. The molecule has 0 aliphatic heterocycles. The van der Waals surface area contributed by atoms with Gasteiger partial charge in [-0.15, -0.1) is 16.9 Å². The second kappa shape index (κ2) is 6.70. The molecule has 0 radical (unpaired) electrons. The number of thioether (sulfide) groups is 1. The number of hydrogen-bond donors (Lipinski definition) is 0. The van der Waals surface area contributed by atoms with Crippen LogP contribution in [0.1, 0.15) is 36.7 Å². The minimum absolute atomic E-state index is 0.820. The lowest BCUT2D eigenvalue weighted by Crippen LogP contribution is -2.05. The molecule has 0 atom stereocenters. The Bertz CT molecular complexity index is 536. The van der Waals surface area contributed by atoms with Crippen molar-refractivity contribution in [2.75, 3.05) is 0 Å². The molecule has 0 saturated heterocycles. The molecule has 0 aliphatic rings. The van der Waals surface area contributed by atoms with E-state index in [-0.39, 0.29) is 0 Å². The van der Waals surface area contributed by atoms with Crippen molar-refractivity contribution in [3.05, 3.63) is 35.2 Å². The van der Waals surface area contributed by atoms with Crippen LogP contribution in [0.5, 0.6) is 0 Å². The third kappa shape index (κ3) is 3.80. The molecule has 4 nitrogen and oxygen atoms in total. The van der Waals surface area contributed by atoms with E-state index in [2.05, 4.69) is 54.5 Å². The number of nitrogens with zero attached hydrogens (tertiary/aromatic N) is 4. The maximum Gasteiger partial charge on any atom is 0.161 e. The Hall–Kier alpha value is -1.36. The molecule has 5 heteroatoms. The van der Waals surface area contributed by atoms with Gasteiger partial charge in [0.05, 0.1) is 5.75 Å². The van der Waals surface area contributed by atoms with E-state index >= 15 is 0 Å². The largest absolute Gasteiger partial charge is 0.229 e. The van der Waals surface area contributed by atoms with Gasteiger partial charge in [0.2, 0.25) is 0 Å². The third-order valence-electron chi connectivity index (χ3n) is 3.03. The Morgan fingerprint density at radius 2 is 2.11 bits per heavy atom. The standard InChI is InChI=1S/C14H20N4S/c1-4-5-8-18-14(15-16-17-18)10-19-13-9-11(2)6-7-12(13)3/h6-7,9H,4-5,8,10H2,1-3H3. The molecule has 0 spiro atoms. The molecule has 0 N–H and O–H groups in total. The van der Waals surface area contributed by atoms with Crippen LogP contribution < -0.4 is 0 Å². The number of hydrogen-bond acceptors (Lipinski definition) is 4. The normalized spacial score (nSPS) is 10.9. The average Bonchev–Trinajstić information content (AvgIpc) is 2.85. The average molecular weight is 276 g/mol. The van der Waals surface area contributed by atoms with Crippen LogP contribution in [0, 0.1) is 13.8 Å². The Labute approximate surface area is 118 Å². The number of rotatable bonds is 6. The molecule has 0 fully saturated rings. The van der Waals surface area contributed by atoms with E-state index in [4.69, 9.17) is 0 Å². The lowest BCUT2D eigenvalue weighted by Gasteiger charge is -2.07. The summed E-state index contributed by atoms with van der Waals surface area (Å²) in [6.45, 7) is 7.34. The summed E-state index contributed by atoms with van der Waals surface area (Å²) in [6.07, 6.45) is 2.27. The van der Waals surface area contributed by atoms with Gasteiger partial charge in [0, 0.05) is 11.4 Å². The van der Waals surface area contributed by atoms with Crippen LogP contribution in [0.3, 0.4) is 0 Å². The van der Waals surface area contributed by atoms with Crippen LogP contribution in [0.15, 0.2) is 23.1 Å². The first-order valence-corrected chi connectivity index (χ1v) is 7.64. The van der Waals surface area contributed by atoms with Crippen molar-refractivity contribution in [1.29, 1.82) is 0 Å². The molecule has 2 rings (SSSR count). The Morgan fingerprint density at radius 1 is 1.26 bits per heavy atom. The van der Waals surface area contributed by atoms with Gasteiger partial charge in [0.25, 0.3) is 0 Å². The van der Waals surface area contributed by atoms with Gasteiger partial charge < -0.3 is 0 Å². The van der Waals surface area contributed by atoms with Crippen molar-refractivity contribution in [3.63, 3.8) is 0 Å².